The predicted molar refractivity (Wildman–Crippen MR) is 98.6 cm³/mol. The Morgan fingerprint density at radius 2 is 2.00 bits per heavy atom. The molecule has 1 amide bonds. The second kappa shape index (κ2) is 6.74. The highest BCUT2D eigenvalue weighted by atomic mass is 32.1. The number of benzene rings is 1. The summed E-state index contributed by atoms with van der Waals surface area (Å²) >= 11 is 1.49. The van der Waals surface area contributed by atoms with Gasteiger partial charge in [-0.05, 0) is 28.5 Å². The van der Waals surface area contributed by atoms with E-state index in [9.17, 15) is 14.7 Å². The number of Topliss-reactive ketones (excluding diaryl/α,β-unsaturated/α-hetero) is 1. The van der Waals surface area contributed by atoms with Gasteiger partial charge in [0.25, 0.3) is 0 Å². The molecule has 2 aromatic rings. The first-order chi connectivity index (χ1) is 12.6. The summed E-state index contributed by atoms with van der Waals surface area (Å²) in [6, 6.07) is 7.34. The summed E-state index contributed by atoms with van der Waals surface area (Å²) < 4.78 is 5.37. The molecule has 26 heavy (non-hydrogen) atoms. The van der Waals surface area contributed by atoms with E-state index < -0.39 is 5.54 Å². The molecule has 2 aliphatic heterocycles. The van der Waals surface area contributed by atoms with Crippen LogP contribution in [0.25, 0.3) is 0 Å². The Labute approximate surface area is 155 Å². The molecule has 0 saturated carbocycles. The number of rotatable bonds is 3. The van der Waals surface area contributed by atoms with Crippen LogP contribution in [0.3, 0.4) is 0 Å². The molecule has 1 aromatic carbocycles. The fraction of sp³-hybridized carbons (Fsp3) is 0.368. The predicted octanol–water partition coefficient (Wildman–Crippen LogP) is 2.01. The Morgan fingerprint density at radius 3 is 2.65 bits per heavy atom. The van der Waals surface area contributed by atoms with Crippen molar-refractivity contribution in [3.63, 3.8) is 0 Å². The van der Waals surface area contributed by atoms with Gasteiger partial charge in [-0.3, -0.25) is 9.59 Å². The van der Waals surface area contributed by atoms with Gasteiger partial charge in [0.2, 0.25) is 5.91 Å². The molecule has 0 unspecified atom stereocenters. The van der Waals surface area contributed by atoms with Crippen molar-refractivity contribution in [1.29, 1.82) is 0 Å². The number of aromatic hydroxyl groups is 1. The van der Waals surface area contributed by atoms with Crippen LogP contribution >= 0.6 is 11.3 Å². The Balaban J connectivity index is 1.77. The van der Waals surface area contributed by atoms with Crippen LogP contribution < -0.4 is 10.2 Å². The number of hydrogen-bond acceptors (Lipinski definition) is 6. The molecule has 0 bridgehead atoms. The zero-order chi connectivity index (χ0) is 18.1. The van der Waals surface area contributed by atoms with Gasteiger partial charge in [-0.25, -0.2) is 0 Å². The summed E-state index contributed by atoms with van der Waals surface area (Å²) in [5.41, 5.74) is 1.26. The number of amides is 1. The number of morpholine rings is 1. The standard InChI is InChI=1S/C19H20N2O4S/c22-15-10-18(24)20-19(11-15,13-3-8-26-12-13)16-2-1-14(9-17(16)23)21-4-6-25-7-5-21/h1-3,8-9,12,23H,4-7,10-11H2,(H,20,24)/t19-/m1/s1. The maximum absolute atomic E-state index is 12.2. The Morgan fingerprint density at radius 1 is 1.19 bits per heavy atom. The monoisotopic (exact) mass is 372 g/mol. The molecule has 136 valence electrons. The number of ether oxygens (including phenoxy) is 1. The minimum atomic E-state index is -1.01. The second-order valence-corrected chi connectivity index (χ2v) is 7.44. The minimum absolute atomic E-state index is 0.0789. The largest absolute Gasteiger partial charge is 0.507 e. The van der Waals surface area contributed by atoms with Gasteiger partial charge in [0.05, 0.1) is 19.6 Å². The highest BCUT2D eigenvalue weighted by Crippen LogP contribution is 2.42. The lowest BCUT2D eigenvalue weighted by Crippen LogP contribution is -2.52. The summed E-state index contributed by atoms with van der Waals surface area (Å²) in [4.78, 5) is 26.5. The van der Waals surface area contributed by atoms with Gasteiger partial charge in [0.1, 0.15) is 17.1 Å². The quantitative estimate of drug-likeness (QED) is 0.806. The van der Waals surface area contributed by atoms with Crippen molar-refractivity contribution in [2.45, 2.75) is 18.4 Å². The number of hydrogen-bond donors (Lipinski definition) is 2. The van der Waals surface area contributed by atoms with E-state index in [1.165, 1.54) is 11.3 Å². The third-order valence-corrected chi connectivity index (χ3v) is 5.69. The molecule has 0 spiro atoms. The first-order valence-corrected chi connectivity index (χ1v) is 9.54. The van der Waals surface area contributed by atoms with Gasteiger partial charge in [0, 0.05) is 36.8 Å². The molecular weight excluding hydrogens is 352 g/mol. The van der Waals surface area contributed by atoms with E-state index in [1.807, 2.05) is 29.0 Å². The Bertz CT molecular complexity index is 812. The van der Waals surface area contributed by atoms with Gasteiger partial charge in [-0.1, -0.05) is 6.07 Å². The number of ketones is 1. The highest BCUT2D eigenvalue weighted by molar-refractivity contribution is 7.08. The van der Waals surface area contributed by atoms with E-state index in [2.05, 4.69) is 10.2 Å². The molecule has 2 fully saturated rings. The maximum Gasteiger partial charge on any atom is 0.228 e. The number of nitrogens with one attached hydrogen (secondary N) is 1. The van der Waals surface area contributed by atoms with Crippen LogP contribution in [0.5, 0.6) is 5.75 Å². The lowest BCUT2D eigenvalue weighted by Gasteiger charge is -2.38. The summed E-state index contributed by atoms with van der Waals surface area (Å²) in [6.07, 6.45) is 0.0262. The molecule has 2 saturated heterocycles. The van der Waals surface area contributed by atoms with Crippen LogP contribution in [0.2, 0.25) is 0 Å². The van der Waals surface area contributed by atoms with E-state index in [0.29, 0.717) is 18.8 Å². The molecule has 4 rings (SSSR count). The molecule has 1 aromatic heterocycles. The Hall–Kier alpha value is -2.38. The second-order valence-electron chi connectivity index (χ2n) is 6.66. The Kier molecular flexibility index (Phi) is 4.42. The van der Waals surface area contributed by atoms with Crippen LogP contribution in [0.1, 0.15) is 24.0 Å². The fourth-order valence-corrected chi connectivity index (χ4v) is 4.49. The van der Waals surface area contributed by atoms with E-state index in [0.717, 1.165) is 24.3 Å². The summed E-state index contributed by atoms with van der Waals surface area (Å²) in [6.45, 7) is 2.85. The molecule has 0 radical (unpaired) electrons. The lowest BCUT2D eigenvalue weighted by molar-refractivity contribution is -0.133. The number of nitrogens with zero attached hydrogens (tertiary/aromatic N) is 1. The normalized spacial score (nSPS) is 23.8. The lowest BCUT2D eigenvalue weighted by atomic mass is 9.76. The molecule has 3 heterocycles. The molecule has 0 aliphatic carbocycles. The zero-order valence-electron chi connectivity index (χ0n) is 14.2. The molecule has 2 N–H and O–H groups in total. The number of phenolic OH excluding ortho intramolecular Hbond substituents is 1. The van der Waals surface area contributed by atoms with Gasteiger partial charge >= 0.3 is 0 Å². The smallest absolute Gasteiger partial charge is 0.228 e. The average Bonchev–Trinajstić information content (AvgIpc) is 3.17. The molecule has 2 aliphatic rings. The van der Waals surface area contributed by atoms with Crippen molar-refractivity contribution in [3.8, 4) is 5.75 Å². The summed E-state index contributed by atoms with van der Waals surface area (Å²) in [5.74, 6) is -0.365. The average molecular weight is 372 g/mol. The highest BCUT2D eigenvalue weighted by Gasteiger charge is 2.44. The van der Waals surface area contributed by atoms with Gasteiger partial charge in [-0.2, -0.15) is 11.3 Å². The number of carbonyl (C=O) groups is 2. The summed E-state index contributed by atoms with van der Waals surface area (Å²) in [7, 11) is 0. The van der Waals surface area contributed by atoms with Crippen LogP contribution in [0, 0.1) is 0 Å². The van der Waals surface area contributed by atoms with Crippen molar-refractivity contribution < 1.29 is 19.4 Å². The molecule has 7 heteroatoms. The molecule has 1 atom stereocenters. The van der Waals surface area contributed by atoms with Crippen molar-refractivity contribution >= 4 is 28.7 Å². The van der Waals surface area contributed by atoms with Crippen LogP contribution in [0.15, 0.2) is 35.0 Å². The minimum Gasteiger partial charge on any atom is -0.507 e. The van der Waals surface area contributed by atoms with Crippen LogP contribution in [0.4, 0.5) is 5.69 Å². The number of thiophene rings is 1. The van der Waals surface area contributed by atoms with E-state index in [-0.39, 0.29) is 30.3 Å². The first-order valence-electron chi connectivity index (χ1n) is 8.60. The van der Waals surface area contributed by atoms with Crippen LogP contribution in [-0.4, -0.2) is 43.1 Å². The zero-order valence-corrected chi connectivity index (χ0v) is 15.1. The number of anilines is 1. The van der Waals surface area contributed by atoms with Crippen molar-refractivity contribution in [2.24, 2.45) is 0 Å². The number of piperidine rings is 1. The third kappa shape index (κ3) is 2.97. The summed E-state index contributed by atoms with van der Waals surface area (Å²) in [5, 5.41) is 17.6. The van der Waals surface area contributed by atoms with Gasteiger partial charge in [-0.15, -0.1) is 0 Å². The molecule has 6 nitrogen and oxygen atoms in total. The van der Waals surface area contributed by atoms with Crippen molar-refractivity contribution in [3.05, 3.63) is 46.2 Å². The molecular formula is C19H20N2O4S. The van der Waals surface area contributed by atoms with E-state index >= 15 is 0 Å². The SMILES string of the molecule is O=C1CC(=O)N[C@](c2ccsc2)(c2ccc(N3CCOCC3)cc2O)C1. The van der Waals surface area contributed by atoms with Crippen LogP contribution in [-0.2, 0) is 19.9 Å². The van der Waals surface area contributed by atoms with E-state index in [1.54, 1.807) is 6.07 Å². The van der Waals surface area contributed by atoms with Gasteiger partial charge in [0.15, 0.2) is 0 Å². The number of phenols is 1. The van der Waals surface area contributed by atoms with E-state index in [4.69, 9.17) is 4.74 Å². The topological polar surface area (TPSA) is 78.9 Å². The fourth-order valence-electron chi connectivity index (χ4n) is 3.76. The number of carbonyl (C=O) groups excluding carboxylic acids is 2. The van der Waals surface area contributed by atoms with Crippen molar-refractivity contribution in [2.75, 3.05) is 31.2 Å². The maximum atomic E-state index is 12.2. The van der Waals surface area contributed by atoms with Gasteiger partial charge < -0.3 is 20.1 Å². The third-order valence-electron chi connectivity index (χ3n) is 5.00. The first kappa shape index (κ1) is 17.1. The van der Waals surface area contributed by atoms with Crippen molar-refractivity contribution in [1.82, 2.24) is 5.32 Å².